The topological polar surface area (TPSA) is 105 Å². The molecule has 148 valence electrons. The van der Waals surface area contributed by atoms with Gasteiger partial charge in [0.2, 0.25) is 10.0 Å². The van der Waals surface area contributed by atoms with Gasteiger partial charge < -0.3 is 4.74 Å². The molecule has 0 unspecified atom stereocenters. The first-order chi connectivity index (χ1) is 13.4. The number of carbonyl (C=O) groups excluding carboxylic acids is 2. The van der Waals surface area contributed by atoms with Gasteiger partial charge in [0.05, 0.1) is 23.7 Å². The molecule has 0 radical (unpaired) electrons. The Kier molecular flexibility index (Phi) is 6.45. The van der Waals surface area contributed by atoms with Gasteiger partial charge in [-0.2, -0.15) is 4.31 Å². The molecule has 0 bridgehead atoms. The third kappa shape index (κ3) is 4.58. The maximum atomic E-state index is 12.7. The molecule has 2 N–H and O–H groups in total. The van der Waals surface area contributed by atoms with Gasteiger partial charge in [-0.05, 0) is 46.3 Å². The Morgan fingerprint density at radius 2 is 1.64 bits per heavy atom. The van der Waals surface area contributed by atoms with E-state index in [2.05, 4.69) is 26.8 Å². The number of sulfonamides is 1. The van der Waals surface area contributed by atoms with Crippen molar-refractivity contribution in [1.82, 2.24) is 15.2 Å². The lowest BCUT2D eigenvalue weighted by atomic mass is 10.2. The van der Waals surface area contributed by atoms with Crippen molar-refractivity contribution in [3.05, 3.63) is 64.1 Å². The van der Waals surface area contributed by atoms with Gasteiger partial charge in [0.1, 0.15) is 0 Å². The molecule has 1 aliphatic rings. The van der Waals surface area contributed by atoms with Gasteiger partial charge in [0, 0.05) is 23.1 Å². The molecule has 28 heavy (non-hydrogen) atoms. The number of rotatable bonds is 4. The highest BCUT2D eigenvalue weighted by Gasteiger charge is 2.27. The minimum Gasteiger partial charge on any atom is -0.379 e. The van der Waals surface area contributed by atoms with E-state index in [1.807, 2.05) is 0 Å². The maximum Gasteiger partial charge on any atom is 0.270 e. The average molecular weight is 468 g/mol. The van der Waals surface area contributed by atoms with E-state index >= 15 is 0 Å². The number of halogens is 1. The Labute approximate surface area is 171 Å². The summed E-state index contributed by atoms with van der Waals surface area (Å²) in [6, 6.07) is 12.4. The number of hydrogen-bond donors (Lipinski definition) is 2. The van der Waals surface area contributed by atoms with E-state index in [0.29, 0.717) is 23.2 Å². The van der Waals surface area contributed by atoms with Gasteiger partial charge in [-0.15, -0.1) is 0 Å². The zero-order valence-electron chi connectivity index (χ0n) is 14.7. The van der Waals surface area contributed by atoms with E-state index < -0.39 is 21.8 Å². The number of carbonyl (C=O) groups is 2. The lowest BCUT2D eigenvalue weighted by Gasteiger charge is -2.26. The summed E-state index contributed by atoms with van der Waals surface area (Å²) in [5, 5.41) is 0. The van der Waals surface area contributed by atoms with Crippen LogP contribution in [0.4, 0.5) is 0 Å². The first-order valence-electron chi connectivity index (χ1n) is 8.43. The highest BCUT2D eigenvalue weighted by atomic mass is 79.9. The molecule has 2 aromatic rings. The molecule has 1 saturated heterocycles. The van der Waals surface area contributed by atoms with Crippen molar-refractivity contribution in [3.8, 4) is 0 Å². The van der Waals surface area contributed by atoms with Crippen molar-refractivity contribution in [2.24, 2.45) is 0 Å². The zero-order valence-corrected chi connectivity index (χ0v) is 17.1. The normalized spacial score (nSPS) is 15.0. The Bertz CT molecular complexity index is 990. The number of ether oxygens (including phenoxy) is 1. The Balaban J connectivity index is 1.70. The fourth-order valence-electron chi connectivity index (χ4n) is 2.63. The van der Waals surface area contributed by atoms with E-state index in [1.165, 1.54) is 28.6 Å². The van der Waals surface area contributed by atoms with E-state index in [4.69, 9.17) is 4.74 Å². The van der Waals surface area contributed by atoms with Gasteiger partial charge >= 0.3 is 0 Å². The van der Waals surface area contributed by atoms with Crippen molar-refractivity contribution in [2.45, 2.75) is 4.90 Å². The Hall–Kier alpha value is -2.27. The number of hydrazine groups is 1. The summed E-state index contributed by atoms with van der Waals surface area (Å²) >= 11 is 3.26. The first-order valence-corrected chi connectivity index (χ1v) is 10.7. The number of morpholine rings is 1. The van der Waals surface area contributed by atoms with Crippen LogP contribution in [0.15, 0.2) is 57.9 Å². The van der Waals surface area contributed by atoms with E-state index in [9.17, 15) is 18.0 Å². The van der Waals surface area contributed by atoms with Crippen molar-refractivity contribution in [2.75, 3.05) is 26.3 Å². The monoisotopic (exact) mass is 467 g/mol. The Morgan fingerprint density at radius 3 is 2.36 bits per heavy atom. The summed E-state index contributed by atoms with van der Waals surface area (Å²) in [6.07, 6.45) is 0. The SMILES string of the molecule is O=C(NNC(=O)c1ccccc1Br)c1cccc(S(=O)(=O)N2CCOCC2)c1. The van der Waals surface area contributed by atoms with Gasteiger partial charge in [0.25, 0.3) is 11.8 Å². The van der Waals surface area contributed by atoms with Crippen molar-refractivity contribution >= 4 is 37.8 Å². The van der Waals surface area contributed by atoms with Crippen LogP contribution >= 0.6 is 15.9 Å². The second-order valence-electron chi connectivity index (χ2n) is 5.93. The van der Waals surface area contributed by atoms with Crippen LogP contribution in [0.5, 0.6) is 0 Å². The fourth-order valence-corrected chi connectivity index (χ4v) is 4.55. The molecule has 0 spiro atoms. The predicted molar refractivity (Wildman–Crippen MR) is 105 cm³/mol. The molecule has 8 nitrogen and oxygen atoms in total. The number of benzene rings is 2. The molecule has 1 aliphatic heterocycles. The second kappa shape index (κ2) is 8.82. The van der Waals surface area contributed by atoms with Gasteiger partial charge in [0.15, 0.2) is 0 Å². The molecule has 2 amide bonds. The third-order valence-corrected chi connectivity index (χ3v) is 6.70. The molecule has 0 aliphatic carbocycles. The number of nitrogens with one attached hydrogen (secondary N) is 2. The molecule has 2 aromatic carbocycles. The smallest absolute Gasteiger partial charge is 0.270 e. The van der Waals surface area contributed by atoms with E-state index in [0.717, 1.165) is 0 Å². The quantitative estimate of drug-likeness (QED) is 0.663. The van der Waals surface area contributed by atoms with Crippen LogP contribution in [-0.2, 0) is 14.8 Å². The van der Waals surface area contributed by atoms with Crippen LogP contribution in [0.2, 0.25) is 0 Å². The molecule has 1 heterocycles. The number of amides is 2. The van der Waals surface area contributed by atoms with E-state index in [1.54, 1.807) is 24.3 Å². The molecule has 0 aromatic heterocycles. The molecule has 10 heteroatoms. The lowest BCUT2D eigenvalue weighted by Crippen LogP contribution is -2.42. The van der Waals surface area contributed by atoms with Gasteiger partial charge in [-0.3, -0.25) is 20.4 Å². The van der Waals surface area contributed by atoms with Crippen LogP contribution < -0.4 is 10.9 Å². The average Bonchev–Trinajstić information content (AvgIpc) is 2.73. The largest absolute Gasteiger partial charge is 0.379 e. The minimum atomic E-state index is -3.72. The van der Waals surface area contributed by atoms with Crippen molar-refractivity contribution in [3.63, 3.8) is 0 Å². The summed E-state index contributed by atoms with van der Waals surface area (Å²) in [4.78, 5) is 24.5. The molecule has 1 fully saturated rings. The van der Waals surface area contributed by atoms with Gasteiger partial charge in [-0.1, -0.05) is 18.2 Å². The summed E-state index contributed by atoms with van der Waals surface area (Å²) in [5.74, 6) is -1.13. The minimum absolute atomic E-state index is 0.0131. The summed E-state index contributed by atoms with van der Waals surface area (Å²) < 4.78 is 32.5. The lowest BCUT2D eigenvalue weighted by molar-refractivity contribution is 0.0730. The first kappa shape index (κ1) is 20.5. The molecular weight excluding hydrogens is 450 g/mol. The van der Waals surface area contributed by atoms with Crippen molar-refractivity contribution < 1.29 is 22.7 Å². The zero-order chi connectivity index (χ0) is 20.1. The number of hydrogen-bond acceptors (Lipinski definition) is 5. The maximum absolute atomic E-state index is 12.7. The van der Waals surface area contributed by atoms with Crippen LogP contribution in [0.3, 0.4) is 0 Å². The number of nitrogens with zero attached hydrogens (tertiary/aromatic N) is 1. The highest BCUT2D eigenvalue weighted by molar-refractivity contribution is 9.10. The molecule has 0 atom stereocenters. The fraction of sp³-hybridized carbons (Fsp3) is 0.222. The summed E-state index contributed by atoms with van der Waals surface area (Å²) in [7, 11) is -3.72. The summed E-state index contributed by atoms with van der Waals surface area (Å²) in [5.41, 5.74) is 5.08. The standard InChI is InChI=1S/C18H18BrN3O5S/c19-16-7-2-1-6-15(16)18(24)21-20-17(23)13-4-3-5-14(12-13)28(25,26)22-8-10-27-11-9-22/h1-7,12H,8-11H2,(H,20,23)(H,21,24). The Morgan fingerprint density at radius 1 is 0.964 bits per heavy atom. The second-order valence-corrected chi connectivity index (χ2v) is 8.72. The third-order valence-electron chi connectivity index (χ3n) is 4.11. The van der Waals surface area contributed by atoms with E-state index in [-0.39, 0.29) is 23.5 Å². The predicted octanol–water partition coefficient (Wildman–Crippen LogP) is 1.54. The molecular formula is C18H18BrN3O5S. The molecule has 0 saturated carbocycles. The van der Waals surface area contributed by atoms with Crippen LogP contribution in [-0.4, -0.2) is 50.8 Å². The van der Waals surface area contributed by atoms with Crippen molar-refractivity contribution in [1.29, 1.82) is 0 Å². The van der Waals surface area contributed by atoms with Crippen LogP contribution in [0.25, 0.3) is 0 Å². The summed E-state index contributed by atoms with van der Waals surface area (Å²) in [6.45, 7) is 1.20. The highest BCUT2D eigenvalue weighted by Crippen LogP contribution is 2.18. The molecule has 3 rings (SSSR count). The van der Waals surface area contributed by atoms with Crippen LogP contribution in [0, 0.1) is 0 Å². The van der Waals surface area contributed by atoms with Crippen LogP contribution in [0.1, 0.15) is 20.7 Å². The van der Waals surface area contributed by atoms with Gasteiger partial charge in [-0.25, -0.2) is 8.42 Å².